The maximum absolute atomic E-state index is 13.0. The van der Waals surface area contributed by atoms with Crippen molar-refractivity contribution in [3.63, 3.8) is 0 Å². The summed E-state index contributed by atoms with van der Waals surface area (Å²) in [7, 11) is 0. The Morgan fingerprint density at radius 3 is 2.31 bits per heavy atom. The molecule has 0 atom stereocenters. The van der Waals surface area contributed by atoms with Crippen LogP contribution in [0.2, 0.25) is 0 Å². The number of hydrogen-bond acceptors (Lipinski definition) is 5. The first-order valence-corrected chi connectivity index (χ1v) is 9.67. The van der Waals surface area contributed by atoms with Crippen molar-refractivity contribution in [2.75, 3.05) is 5.73 Å². The first-order chi connectivity index (χ1) is 13.9. The summed E-state index contributed by atoms with van der Waals surface area (Å²) >= 11 is 0. The Balaban J connectivity index is 1.49. The molecular weight excluding hydrogens is 372 g/mol. The lowest BCUT2D eigenvalue weighted by atomic mass is 10.1. The van der Waals surface area contributed by atoms with Crippen molar-refractivity contribution in [1.82, 2.24) is 10.2 Å². The Bertz CT molecular complexity index is 965. The summed E-state index contributed by atoms with van der Waals surface area (Å²) in [6.07, 6.45) is 3.88. The molecule has 0 saturated heterocycles. The number of nitrogens with zero attached hydrogens (tertiary/aromatic N) is 2. The standard InChI is InChI=1S/C21H22N4O4/c22-18-10-5-15(11-19(18)25(28)29)21(27)24(17-8-9-17)12-13-1-3-14(4-2-13)20(26)23-16-6-7-16/h1-5,10-11,16-17H,6-9,12,22H2,(H,23,26). The monoisotopic (exact) mass is 394 g/mol. The van der Waals surface area contributed by atoms with Gasteiger partial charge in [0, 0.05) is 35.8 Å². The molecule has 2 saturated carbocycles. The zero-order valence-corrected chi connectivity index (χ0v) is 15.8. The third-order valence-electron chi connectivity index (χ3n) is 5.20. The number of rotatable bonds is 7. The molecule has 8 nitrogen and oxygen atoms in total. The van der Waals surface area contributed by atoms with Crippen molar-refractivity contribution in [3.8, 4) is 0 Å². The Kier molecular flexibility index (Phi) is 4.92. The van der Waals surface area contributed by atoms with Gasteiger partial charge in [-0.05, 0) is 55.5 Å². The summed E-state index contributed by atoms with van der Waals surface area (Å²) in [5, 5.41) is 14.1. The molecule has 8 heteroatoms. The molecule has 0 aromatic heterocycles. The summed E-state index contributed by atoms with van der Waals surface area (Å²) < 4.78 is 0. The number of anilines is 1. The number of nitro groups is 1. The fourth-order valence-corrected chi connectivity index (χ4v) is 3.21. The normalized spacial score (nSPS) is 15.6. The molecule has 2 aromatic rings. The highest BCUT2D eigenvalue weighted by Gasteiger charge is 2.33. The van der Waals surface area contributed by atoms with Gasteiger partial charge in [0.05, 0.1) is 4.92 Å². The summed E-state index contributed by atoms with van der Waals surface area (Å²) in [6, 6.07) is 11.8. The molecule has 0 radical (unpaired) electrons. The number of amides is 2. The van der Waals surface area contributed by atoms with Gasteiger partial charge in [0.1, 0.15) is 5.69 Å². The van der Waals surface area contributed by atoms with Gasteiger partial charge in [0.25, 0.3) is 17.5 Å². The molecule has 0 aliphatic heterocycles. The van der Waals surface area contributed by atoms with Gasteiger partial charge in [-0.1, -0.05) is 12.1 Å². The van der Waals surface area contributed by atoms with Crippen molar-refractivity contribution in [1.29, 1.82) is 0 Å². The molecule has 29 heavy (non-hydrogen) atoms. The van der Waals surface area contributed by atoms with Crippen LogP contribution in [0.1, 0.15) is 52.0 Å². The van der Waals surface area contributed by atoms with Crippen LogP contribution in [0.5, 0.6) is 0 Å². The molecule has 2 fully saturated rings. The smallest absolute Gasteiger partial charge is 0.292 e. The maximum atomic E-state index is 13.0. The van der Waals surface area contributed by atoms with Gasteiger partial charge in [-0.2, -0.15) is 0 Å². The number of nitrogens with two attached hydrogens (primary N) is 1. The fourth-order valence-electron chi connectivity index (χ4n) is 3.21. The SMILES string of the molecule is Nc1ccc(C(=O)N(Cc2ccc(C(=O)NC3CC3)cc2)C2CC2)cc1[N+](=O)[O-]. The Morgan fingerprint density at radius 1 is 1.07 bits per heavy atom. The molecular formula is C21H22N4O4. The molecule has 0 unspecified atom stereocenters. The van der Waals surface area contributed by atoms with Gasteiger partial charge in [-0.15, -0.1) is 0 Å². The predicted molar refractivity (Wildman–Crippen MR) is 107 cm³/mol. The van der Waals surface area contributed by atoms with Crippen molar-refractivity contribution in [2.24, 2.45) is 0 Å². The van der Waals surface area contributed by atoms with E-state index in [0.717, 1.165) is 31.2 Å². The minimum Gasteiger partial charge on any atom is -0.393 e. The quantitative estimate of drug-likeness (QED) is 0.425. The van der Waals surface area contributed by atoms with E-state index in [2.05, 4.69) is 5.32 Å². The number of benzene rings is 2. The Morgan fingerprint density at radius 2 is 1.72 bits per heavy atom. The zero-order chi connectivity index (χ0) is 20.5. The minimum absolute atomic E-state index is 0.0320. The highest BCUT2D eigenvalue weighted by Crippen LogP contribution is 2.31. The number of carbonyl (C=O) groups excluding carboxylic acids is 2. The number of nitrogens with one attached hydrogen (secondary N) is 1. The van der Waals surface area contributed by atoms with Gasteiger partial charge in [0.15, 0.2) is 0 Å². The van der Waals surface area contributed by atoms with Crippen LogP contribution in [0.4, 0.5) is 11.4 Å². The highest BCUT2D eigenvalue weighted by atomic mass is 16.6. The number of carbonyl (C=O) groups is 2. The Hall–Kier alpha value is -3.42. The third-order valence-corrected chi connectivity index (χ3v) is 5.20. The second-order valence-corrected chi connectivity index (χ2v) is 7.64. The van der Waals surface area contributed by atoms with Crippen LogP contribution < -0.4 is 11.1 Å². The fraction of sp³-hybridized carbons (Fsp3) is 0.333. The molecule has 2 aliphatic rings. The highest BCUT2D eigenvalue weighted by molar-refractivity contribution is 5.96. The van der Waals surface area contributed by atoms with E-state index in [-0.39, 0.29) is 34.8 Å². The van der Waals surface area contributed by atoms with Gasteiger partial charge in [-0.3, -0.25) is 19.7 Å². The average Bonchev–Trinajstić information content (AvgIpc) is 3.61. The van der Waals surface area contributed by atoms with Crippen molar-refractivity contribution in [2.45, 2.75) is 44.3 Å². The van der Waals surface area contributed by atoms with Gasteiger partial charge in [-0.25, -0.2) is 0 Å². The molecule has 0 heterocycles. The third kappa shape index (κ3) is 4.37. The number of nitrogen functional groups attached to an aromatic ring is 1. The minimum atomic E-state index is -0.584. The van der Waals surface area contributed by atoms with Gasteiger partial charge >= 0.3 is 0 Å². The lowest BCUT2D eigenvalue weighted by Crippen LogP contribution is -2.32. The summed E-state index contributed by atoms with van der Waals surface area (Å²) in [5.74, 6) is -0.338. The van der Waals surface area contributed by atoms with E-state index in [9.17, 15) is 19.7 Å². The van der Waals surface area contributed by atoms with Gasteiger partial charge in [0.2, 0.25) is 0 Å². The van der Waals surface area contributed by atoms with E-state index in [1.54, 1.807) is 17.0 Å². The molecule has 0 bridgehead atoms. The largest absolute Gasteiger partial charge is 0.393 e. The van der Waals surface area contributed by atoms with Gasteiger partial charge < -0.3 is 16.0 Å². The van der Waals surface area contributed by atoms with E-state index < -0.39 is 4.92 Å². The molecule has 2 amide bonds. The molecule has 150 valence electrons. The summed E-state index contributed by atoms with van der Waals surface area (Å²) in [5.41, 5.74) is 7.15. The van der Waals surface area contributed by atoms with E-state index in [1.807, 2.05) is 12.1 Å². The maximum Gasteiger partial charge on any atom is 0.292 e. The second-order valence-electron chi connectivity index (χ2n) is 7.64. The molecule has 3 N–H and O–H groups in total. The van der Waals surface area contributed by atoms with Crippen LogP contribution in [0.3, 0.4) is 0 Å². The van der Waals surface area contributed by atoms with E-state index >= 15 is 0 Å². The van der Waals surface area contributed by atoms with Crippen molar-refractivity contribution < 1.29 is 14.5 Å². The van der Waals surface area contributed by atoms with Crippen LogP contribution in [-0.4, -0.2) is 33.7 Å². The van der Waals surface area contributed by atoms with Crippen LogP contribution in [0.25, 0.3) is 0 Å². The second kappa shape index (κ2) is 7.54. The summed E-state index contributed by atoms with van der Waals surface area (Å²) in [6.45, 7) is 0.381. The van der Waals surface area contributed by atoms with Crippen molar-refractivity contribution in [3.05, 3.63) is 69.3 Å². The molecule has 2 aromatic carbocycles. The first-order valence-electron chi connectivity index (χ1n) is 9.67. The molecule has 2 aliphatic carbocycles. The summed E-state index contributed by atoms with van der Waals surface area (Å²) in [4.78, 5) is 37.4. The predicted octanol–water partition coefficient (Wildman–Crippen LogP) is 2.87. The lowest BCUT2D eigenvalue weighted by molar-refractivity contribution is -0.383. The topological polar surface area (TPSA) is 119 Å². The van der Waals surface area contributed by atoms with Crippen LogP contribution in [0.15, 0.2) is 42.5 Å². The lowest BCUT2D eigenvalue weighted by Gasteiger charge is -2.23. The van der Waals surface area contributed by atoms with Crippen LogP contribution >= 0.6 is 0 Å². The van der Waals surface area contributed by atoms with Crippen molar-refractivity contribution >= 4 is 23.2 Å². The number of hydrogen-bond donors (Lipinski definition) is 2. The Labute approximate surface area is 167 Å². The number of nitro benzene ring substituents is 1. The van der Waals surface area contributed by atoms with Crippen LogP contribution in [-0.2, 0) is 6.54 Å². The zero-order valence-electron chi connectivity index (χ0n) is 15.8. The molecule has 0 spiro atoms. The van der Waals surface area contributed by atoms with Crippen LogP contribution in [0, 0.1) is 10.1 Å². The van der Waals surface area contributed by atoms with E-state index in [1.165, 1.54) is 18.2 Å². The van der Waals surface area contributed by atoms with E-state index in [4.69, 9.17) is 5.73 Å². The first kappa shape index (κ1) is 18.9. The average molecular weight is 394 g/mol. The molecule has 4 rings (SSSR count). The van der Waals surface area contributed by atoms with E-state index in [0.29, 0.717) is 18.2 Å².